The molecule has 2 heterocycles. The van der Waals surface area contributed by atoms with Crippen molar-refractivity contribution in [3.8, 4) is 16.8 Å². The quantitative estimate of drug-likeness (QED) is 0.245. The van der Waals surface area contributed by atoms with Gasteiger partial charge in [0.25, 0.3) is 5.56 Å². The summed E-state index contributed by atoms with van der Waals surface area (Å²) in [5, 5.41) is 23.1. The van der Waals surface area contributed by atoms with Crippen LogP contribution in [0.15, 0.2) is 96.1 Å². The van der Waals surface area contributed by atoms with Crippen LogP contribution in [-0.2, 0) is 17.4 Å². The summed E-state index contributed by atoms with van der Waals surface area (Å²) in [4.78, 5) is 38.0. The third-order valence-electron chi connectivity index (χ3n) is 6.40. The molecule has 0 aliphatic carbocycles. The molecule has 0 aliphatic rings. The number of aromatic carboxylic acids is 1. The maximum atomic E-state index is 13.5. The minimum Gasteiger partial charge on any atom is -0.478 e. The molecule has 43 heavy (non-hydrogen) atoms. The van der Waals surface area contributed by atoms with E-state index < -0.39 is 35.3 Å². The summed E-state index contributed by atoms with van der Waals surface area (Å²) in [6.07, 6.45) is -2.61. The van der Waals surface area contributed by atoms with Crippen LogP contribution in [0.4, 0.5) is 18.9 Å². The van der Waals surface area contributed by atoms with E-state index in [-0.39, 0.29) is 33.8 Å². The van der Waals surface area contributed by atoms with Gasteiger partial charge in [0.2, 0.25) is 5.91 Å². The predicted molar refractivity (Wildman–Crippen MR) is 150 cm³/mol. The summed E-state index contributed by atoms with van der Waals surface area (Å²) in [5.74, 6) is -1.71. The van der Waals surface area contributed by atoms with Gasteiger partial charge in [0.05, 0.1) is 23.6 Å². The lowest BCUT2D eigenvalue weighted by Gasteiger charge is -2.19. The molecule has 0 fully saturated rings. The van der Waals surface area contributed by atoms with E-state index in [1.807, 2.05) is 0 Å². The third-order valence-corrected chi connectivity index (χ3v) is 6.63. The number of rotatable bonds is 8. The first kappa shape index (κ1) is 29.2. The van der Waals surface area contributed by atoms with Crippen LogP contribution >= 0.6 is 11.6 Å². The fraction of sp³-hybridized carbons (Fsp3) is 0.103. The first-order chi connectivity index (χ1) is 20.5. The van der Waals surface area contributed by atoms with E-state index in [1.54, 1.807) is 30.3 Å². The molecule has 0 saturated heterocycles. The molecule has 5 rings (SSSR count). The van der Waals surface area contributed by atoms with Crippen molar-refractivity contribution in [1.82, 2.24) is 24.8 Å². The minimum absolute atomic E-state index is 0.0354. The Morgan fingerprint density at radius 1 is 1.00 bits per heavy atom. The lowest BCUT2D eigenvalue weighted by atomic mass is 10.0. The normalized spacial score (nSPS) is 12.1. The molecule has 218 valence electrons. The summed E-state index contributed by atoms with van der Waals surface area (Å²) in [6.45, 7) is 0. The van der Waals surface area contributed by atoms with Gasteiger partial charge in [-0.25, -0.2) is 14.2 Å². The molecule has 0 bridgehead atoms. The zero-order valence-electron chi connectivity index (χ0n) is 21.9. The van der Waals surface area contributed by atoms with Gasteiger partial charge in [0, 0.05) is 34.3 Å². The van der Waals surface area contributed by atoms with Crippen LogP contribution in [0.2, 0.25) is 5.02 Å². The number of hydrogen-bond acceptors (Lipinski definition) is 6. The molecule has 0 saturated carbocycles. The van der Waals surface area contributed by atoms with E-state index in [1.165, 1.54) is 54.7 Å². The molecule has 0 aliphatic heterocycles. The van der Waals surface area contributed by atoms with Crippen molar-refractivity contribution in [2.45, 2.75) is 18.6 Å². The Morgan fingerprint density at radius 3 is 2.35 bits per heavy atom. The number of anilines is 1. The highest BCUT2D eigenvalue weighted by molar-refractivity contribution is 6.31. The van der Waals surface area contributed by atoms with Crippen molar-refractivity contribution in [3.05, 3.63) is 123 Å². The minimum atomic E-state index is -4.71. The number of carbonyl (C=O) groups is 2. The SMILES string of the molecule is O=C(O)c1ccc(NC(=O)[C@H](Cc2ccccc2)n2ncc(-c3cc(Cl)ccc3-n3cc(C(F)(F)F)nn3)cc2=O)cc1. The van der Waals surface area contributed by atoms with Gasteiger partial charge in [0.15, 0.2) is 5.69 Å². The third kappa shape index (κ3) is 6.62. The first-order valence-corrected chi connectivity index (χ1v) is 12.9. The summed E-state index contributed by atoms with van der Waals surface area (Å²) >= 11 is 6.17. The van der Waals surface area contributed by atoms with Gasteiger partial charge in [-0.15, -0.1) is 5.10 Å². The molecule has 3 aromatic carbocycles. The molecular weight excluding hydrogens is 589 g/mol. The van der Waals surface area contributed by atoms with Gasteiger partial charge < -0.3 is 10.4 Å². The number of aromatic nitrogens is 5. The second-order valence-corrected chi connectivity index (χ2v) is 9.75. The van der Waals surface area contributed by atoms with Crippen LogP contribution in [0.3, 0.4) is 0 Å². The first-order valence-electron chi connectivity index (χ1n) is 12.6. The van der Waals surface area contributed by atoms with Crippen molar-refractivity contribution >= 4 is 29.2 Å². The second-order valence-electron chi connectivity index (χ2n) is 9.31. The van der Waals surface area contributed by atoms with E-state index in [4.69, 9.17) is 16.7 Å². The topological polar surface area (TPSA) is 132 Å². The fourth-order valence-electron chi connectivity index (χ4n) is 4.30. The van der Waals surface area contributed by atoms with Gasteiger partial charge in [-0.1, -0.05) is 47.1 Å². The van der Waals surface area contributed by atoms with Crippen molar-refractivity contribution in [2.75, 3.05) is 5.32 Å². The largest absolute Gasteiger partial charge is 0.478 e. The lowest BCUT2D eigenvalue weighted by molar-refractivity contribution is -0.141. The Morgan fingerprint density at radius 2 is 1.72 bits per heavy atom. The van der Waals surface area contributed by atoms with E-state index in [9.17, 15) is 27.6 Å². The zero-order chi connectivity index (χ0) is 30.7. The highest BCUT2D eigenvalue weighted by Gasteiger charge is 2.35. The smallest absolute Gasteiger partial charge is 0.436 e. The number of nitrogens with one attached hydrogen (secondary N) is 1. The number of carbonyl (C=O) groups excluding carboxylic acids is 1. The van der Waals surface area contributed by atoms with Crippen molar-refractivity contribution < 1.29 is 27.9 Å². The molecule has 1 amide bonds. The van der Waals surface area contributed by atoms with Crippen LogP contribution in [0, 0.1) is 0 Å². The highest BCUT2D eigenvalue weighted by atomic mass is 35.5. The number of benzene rings is 3. The summed E-state index contributed by atoms with van der Waals surface area (Å²) < 4.78 is 41.3. The van der Waals surface area contributed by atoms with Gasteiger partial charge >= 0.3 is 12.1 Å². The summed E-state index contributed by atoms with van der Waals surface area (Å²) in [5.41, 5.74) is -0.151. The molecule has 10 nitrogen and oxygen atoms in total. The maximum Gasteiger partial charge on any atom is 0.436 e. The summed E-state index contributed by atoms with van der Waals surface area (Å²) in [7, 11) is 0. The zero-order valence-corrected chi connectivity index (χ0v) is 22.6. The van der Waals surface area contributed by atoms with Gasteiger partial charge in [-0.05, 0) is 48.0 Å². The molecule has 14 heteroatoms. The number of amides is 1. The Labute approximate surface area is 246 Å². The van der Waals surface area contributed by atoms with Crippen LogP contribution < -0.4 is 10.9 Å². The molecule has 1 atom stereocenters. The van der Waals surface area contributed by atoms with Crippen molar-refractivity contribution in [3.63, 3.8) is 0 Å². The number of nitrogens with zero attached hydrogens (tertiary/aromatic N) is 5. The molecular formula is C29H20ClF3N6O4. The van der Waals surface area contributed by atoms with Gasteiger partial charge in [-0.3, -0.25) is 9.59 Å². The van der Waals surface area contributed by atoms with Gasteiger partial charge in [-0.2, -0.15) is 18.3 Å². The van der Waals surface area contributed by atoms with Crippen LogP contribution in [0.1, 0.15) is 27.7 Å². The van der Waals surface area contributed by atoms with E-state index in [0.717, 1.165) is 14.9 Å². The van der Waals surface area contributed by atoms with E-state index in [0.29, 0.717) is 11.9 Å². The highest BCUT2D eigenvalue weighted by Crippen LogP contribution is 2.31. The molecule has 0 spiro atoms. The second kappa shape index (κ2) is 11.9. The van der Waals surface area contributed by atoms with Crippen molar-refractivity contribution in [1.29, 1.82) is 0 Å². The Balaban J connectivity index is 1.51. The monoisotopic (exact) mass is 608 g/mol. The summed E-state index contributed by atoms with van der Waals surface area (Å²) in [6, 6.07) is 18.8. The predicted octanol–water partition coefficient (Wildman–Crippen LogP) is 5.28. The Hall–Kier alpha value is -5.30. The van der Waals surface area contributed by atoms with Crippen LogP contribution in [0.5, 0.6) is 0 Å². The number of halogens is 4. The average molecular weight is 609 g/mol. The van der Waals surface area contributed by atoms with E-state index in [2.05, 4.69) is 20.7 Å². The Kier molecular flexibility index (Phi) is 8.08. The van der Waals surface area contributed by atoms with E-state index >= 15 is 0 Å². The van der Waals surface area contributed by atoms with Crippen LogP contribution in [-0.4, -0.2) is 41.8 Å². The average Bonchev–Trinajstić information content (AvgIpc) is 3.48. The maximum absolute atomic E-state index is 13.5. The lowest BCUT2D eigenvalue weighted by Crippen LogP contribution is -2.36. The molecule has 5 aromatic rings. The molecule has 2 N–H and O–H groups in total. The number of carboxylic acid groups (broad SMARTS) is 1. The van der Waals surface area contributed by atoms with Gasteiger partial charge in [0.1, 0.15) is 6.04 Å². The Bertz CT molecular complexity index is 1860. The molecule has 0 radical (unpaired) electrons. The number of carboxylic acids is 1. The standard InChI is InChI=1S/C29H20ClF3N6O4/c30-20-8-11-23(38-16-25(36-37-38)29(31,32)33)22(14-20)19-13-26(40)39(34-15-19)24(12-17-4-2-1-3-5-17)27(41)35-21-9-6-18(7-10-21)28(42)43/h1-11,13-16,24H,12H2,(H,35,41)(H,42,43)/t24-/m0/s1. The van der Waals surface area contributed by atoms with Crippen LogP contribution in [0.25, 0.3) is 16.8 Å². The van der Waals surface area contributed by atoms with Crippen molar-refractivity contribution in [2.24, 2.45) is 0 Å². The molecule has 2 aromatic heterocycles. The molecule has 0 unspecified atom stereocenters. The number of hydrogen-bond donors (Lipinski definition) is 2. The number of alkyl halides is 3. The fourth-order valence-corrected chi connectivity index (χ4v) is 4.47.